The molecule has 8 nitrogen and oxygen atoms in total. The first-order valence-electron chi connectivity index (χ1n) is 11.9. The molecule has 5 rings (SSSR count). The molecule has 1 saturated carbocycles. The lowest BCUT2D eigenvalue weighted by Gasteiger charge is -2.58. The molecule has 3 heterocycles. The Morgan fingerprint density at radius 2 is 2.00 bits per heavy atom. The summed E-state index contributed by atoms with van der Waals surface area (Å²) in [5, 5.41) is 10.7. The van der Waals surface area contributed by atoms with Gasteiger partial charge >= 0.3 is 6.09 Å². The van der Waals surface area contributed by atoms with Crippen molar-refractivity contribution in [2.45, 2.75) is 52.1 Å². The van der Waals surface area contributed by atoms with Crippen LogP contribution >= 0.6 is 0 Å². The van der Waals surface area contributed by atoms with E-state index in [2.05, 4.69) is 54.1 Å². The van der Waals surface area contributed by atoms with Crippen molar-refractivity contribution < 1.29 is 14.3 Å². The Balaban J connectivity index is 1.21. The molecule has 33 heavy (non-hydrogen) atoms. The van der Waals surface area contributed by atoms with Crippen LogP contribution in [0.4, 0.5) is 4.79 Å². The number of carbonyl (C=O) groups is 1. The van der Waals surface area contributed by atoms with E-state index >= 15 is 0 Å². The first-order valence-corrected chi connectivity index (χ1v) is 11.9. The highest BCUT2D eigenvalue weighted by Gasteiger charge is 2.55. The van der Waals surface area contributed by atoms with Crippen LogP contribution in [0.15, 0.2) is 30.5 Å². The smallest absolute Gasteiger partial charge is 0.409 e. The zero-order chi connectivity index (χ0) is 23.0. The second-order valence-corrected chi connectivity index (χ2v) is 9.66. The number of benzene rings is 1. The van der Waals surface area contributed by atoms with Gasteiger partial charge in [0.2, 0.25) is 0 Å². The Morgan fingerprint density at radius 1 is 1.18 bits per heavy atom. The Bertz CT molecular complexity index is 1140. The second-order valence-electron chi connectivity index (χ2n) is 9.66. The van der Waals surface area contributed by atoms with Gasteiger partial charge in [0.25, 0.3) is 0 Å². The van der Waals surface area contributed by atoms with E-state index in [-0.39, 0.29) is 11.5 Å². The van der Waals surface area contributed by atoms with Crippen LogP contribution in [0, 0.1) is 12.3 Å². The van der Waals surface area contributed by atoms with E-state index in [9.17, 15) is 4.79 Å². The predicted octanol–water partition coefficient (Wildman–Crippen LogP) is 4.43. The van der Waals surface area contributed by atoms with Gasteiger partial charge < -0.3 is 14.4 Å². The van der Waals surface area contributed by atoms with Crippen molar-refractivity contribution in [3.05, 3.63) is 36.2 Å². The number of rotatable bonds is 8. The van der Waals surface area contributed by atoms with E-state index in [0.717, 1.165) is 67.5 Å². The van der Waals surface area contributed by atoms with Crippen molar-refractivity contribution in [2.24, 2.45) is 5.41 Å². The number of carbonyl (C=O) groups excluding carboxylic acids is 1. The molecule has 0 N–H and O–H groups in total. The fraction of sp³-hybridized carbons (Fsp3) is 0.560. The highest BCUT2D eigenvalue weighted by Crippen LogP contribution is 2.54. The summed E-state index contributed by atoms with van der Waals surface area (Å²) in [7, 11) is 1.70. The van der Waals surface area contributed by atoms with Crippen LogP contribution < -0.4 is 0 Å². The minimum atomic E-state index is -0.156. The first-order chi connectivity index (χ1) is 16.0. The molecule has 2 aromatic heterocycles. The molecular weight excluding hydrogens is 418 g/mol. The Labute approximate surface area is 194 Å². The number of hydrogen-bond acceptors (Lipinski definition) is 5. The molecule has 2 fully saturated rings. The van der Waals surface area contributed by atoms with Crippen molar-refractivity contribution in [3.8, 4) is 11.3 Å². The van der Waals surface area contributed by atoms with Gasteiger partial charge in [-0.1, -0.05) is 19.4 Å². The van der Waals surface area contributed by atoms with Crippen LogP contribution in [0.1, 0.15) is 44.3 Å². The SMILES string of the molecule is CCCCOC(=O)N1CC2(CC(n3nc(-c4ccc5nn(CCOC)cc5c4)cc3C)C2)C1. The third-order valence-corrected chi connectivity index (χ3v) is 7.01. The van der Waals surface area contributed by atoms with Crippen LogP contribution in [0.2, 0.25) is 0 Å². The summed E-state index contributed by atoms with van der Waals surface area (Å²) in [6.07, 6.45) is 6.01. The average Bonchev–Trinajstić information content (AvgIpc) is 3.33. The molecule has 3 aromatic rings. The maximum absolute atomic E-state index is 12.1. The number of amides is 1. The van der Waals surface area contributed by atoms with Crippen LogP contribution in [-0.2, 0) is 16.0 Å². The van der Waals surface area contributed by atoms with E-state index in [1.165, 1.54) is 5.69 Å². The fourth-order valence-electron chi connectivity index (χ4n) is 5.19. The van der Waals surface area contributed by atoms with Crippen LogP contribution in [0.25, 0.3) is 22.2 Å². The summed E-state index contributed by atoms with van der Waals surface area (Å²) in [6.45, 7) is 7.75. The maximum atomic E-state index is 12.1. The van der Waals surface area contributed by atoms with Gasteiger partial charge in [-0.3, -0.25) is 9.36 Å². The normalized spacial score (nSPS) is 17.4. The largest absolute Gasteiger partial charge is 0.449 e. The summed E-state index contributed by atoms with van der Waals surface area (Å²) in [6, 6.07) is 8.88. The minimum absolute atomic E-state index is 0.156. The number of fused-ring (bicyclic) bond motifs is 1. The van der Waals surface area contributed by atoms with Gasteiger partial charge in [0.15, 0.2) is 0 Å². The van der Waals surface area contributed by atoms with Gasteiger partial charge in [0.05, 0.1) is 37.0 Å². The van der Waals surface area contributed by atoms with E-state index in [0.29, 0.717) is 19.3 Å². The van der Waals surface area contributed by atoms with E-state index in [1.807, 2.05) is 9.58 Å². The first kappa shape index (κ1) is 21.9. The highest BCUT2D eigenvalue weighted by molar-refractivity contribution is 5.83. The fourth-order valence-corrected chi connectivity index (χ4v) is 5.19. The zero-order valence-corrected chi connectivity index (χ0v) is 19.8. The quantitative estimate of drug-likeness (QED) is 0.474. The zero-order valence-electron chi connectivity index (χ0n) is 19.8. The molecule has 1 amide bonds. The van der Waals surface area contributed by atoms with Crippen molar-refractivity contribution in [3.63, 3.8) is 0 Å². The molecular formula is C25H33N5O3. The molecule has 1 saturated heterocycles. The van der Waals surface area contributed by atoms with Crippen molar-refractivity contribution in [1.82, 2.24) is 24.5 Å². The van der Waals surface area contributed by atoms with Crippen LogP contribution in [0.5, 0.6) is 0 Å². The van der Waals surface area contributed by atoms with E-state index in [4.69, 9.17) is 14.6 Å². The molecule has 1 aliphatic carbocycles. The van der Waals surface area contributed by atoms with Crippen molar-refractivity contribution >= 4 is 17.0 Å². The lowest BCUT2D eigenvalue weighted by Crippen LogP contribution is -2.64. The minimum Gasteiger partial charge on any atom is -0.449 e. The van der Waals surface area contributed by atoms with Gasteiger partial charge in [0.1, 0.15) is 0 Å². The molecule has 1 aromatic carbocycles. The van der Waals surface area contributed by atoms with Gasteiger partial charge in [-0.2, -0.15) is 10.2 Å². The summed E-state index contributed by atoms with van der Waals surface area (Å²) in [5.74, 6) is 0. The lowest BCUT2D eigenvalue weighted by atomic mass is 9.61. The van der Waals surface area contributed by atoms with E-state index < -0.39 is 0 Å². The number of ether oxygens (including phenoxy) is 2. The molecule has 0 unspecified atom stereocenters. The third-order valence-electron chi connectivity index (χ3n) is 7.01. The molecule has 0 atom stereocenters. The average molecular weight is 452 g/mol. The molecule has 176 valence electrons. The van der Waals surface area contributed by atoms with Gasteiger partial charge in [0, 0.05) is 48.5 Å². The molecule has 0 bridgehead atoms. The number of nitrogens with zero attached hydrogens (tertiary/aromatic N) is 5. The number of aromatic nitrogens is 4. The van der Waals surface area contributed by atoms with Gasteiger partial charge in [-0.05, 0) is 44.4 Å². The molecule has 1 aliphatic heterocycles. The summed E-state index contributed by atoms with van der Waals surface area (Å²) in [4.78, 5) is 14.0. The lowest BCUT2D eigenvalue weighted by molar-refractivity contribution is -0.0825. The Kier molecular flexibility index (Phi) is 5.86. The number of methoxy groups -OCH3 is 1. The van der Waals surface area contributed by atoms with Gasteiger partial charge in [-0.25, -0.2) is 4.79 Å². The monoisotopic (exact) mass is 451 g/mol. The summed E-state index contributed by atoms with van der Waals surface area (Å²) >= 11 is 0. The summed E-state index contributed by atoms with van der Waals surface area (Å²) in [5.41, 5.74) is 4.51. The topological polar surface area (TPSA) is 74.4 Å². The second kappa shape index (κ2) is 8.82. The van der Waals surface area contributed by atoms with Gasteiger partial charge in [-0.15, -0.1) is 0 Å². The molecule has 8 heteroatoms. The third kappa shape index (κ3) is 4.24. The van der Waals surface area contributed by atoms with Crippen LogP contribution in [-0.4, -0.2) is 64.0 Å². The predicted molar refractivity (Wildman–Crippen MR) is 126 cm³/mol. The Hall–Kier alpha value is -2.87. The molecule has 1 spiro atoms. The number of hydrogen-bond donors (Lipinski definition) is 0. The number of aryl methyl sites for hydroxylation is 1. The number of unbranched alkanes of at least 4 members (excludes halogenated alkanes) is 1. The van der Waals surface area contributed by atoms with Crippen LogP contribution in [0.3, 0.4) is 0 Å². The van der Waals surface area contributed by atoms with E-state index in [1.54, 1.807) is 7.11 Å². The maximum Gasteiger partial charge on any atom is 0.409 e. The van der Waals surface area contributed by atoms with Crippen molar-refractivity contribution in [1.29, 1.82) is 0 Å². The van der Waals surface area contributed by atoms with Crippen molar-refractivity contribution in [2.75, 3.05) is 33.4 Å². The summed E-state index contributed by atoms with van der Waals surface area (Å²) < 4.78 is 14.6. The standard InChI is InChI=1S/C25H33N5O3/c1-4-5-9-33-24(31)28-16-25(17-28)13-21(14-25)30-18(2)11-23(27-30)19-6-7-22-20(12-19)15-29(26-22)8-10-32-3/h6-7,11-12,15,21H,4-5,8-10,13-14,16-17H2,1-3H3. The Morgan fingerprint density at radius 3 is 2.76 bits per heavy atom. The molecule has 0 radical (unpaired) electrons. The molecule has 2 aliphatic rings. The highest BCUT2D eigenvalue weighted by atomic mass is 16.6. The number of likely N-dealkylation sites (tertiary alicyclic amines) is 1.